The Bertz CT molecular complexity index is 1200. The summed E-state index contributed by atoms with van der Waals surface area (Å²) in [4.78, 5) is 27.1. The third-order valence-corrected chi connectivity index (χ3v) is 12.6. The normalized spacial score (nSPS) is 55.4. The second-order valence-electron chi connectivity index (χ2n) is 10.4. The molecule has 6 saturated carbocycles. The highest BCUT2D eigenvalue weighted by molar-refractivity contribution is 9.25. The van der Waals surface area contributed by atoms with Crippen molar-refractivity contribution in [2.75, 3.05) is 0 Å². The molecule has 28 heavy (non-hydrogen) atoms. The lowest BCUT2D eigenvalue weighted by molar-refractivity contribution is -0.0268. The minimum atomic E-state index is -0.118. The third-order valence-electron chi connectivity index (χ3n) is 10.3. The van der Waals surface area contributed by atoms with Gasteiger partial charge in [0.25, 0.3) is 0 Å². The molecule has 0 saturated heterocycles. The van der Waals surface area contributed by atoms with Gasteiger partial charge in [-0.1, -0.05) is 50.1 Å². The van der Waals surface area contributed by atoms with Crippen molar-refractivity contribution >= 4 is 31.9 Å². The molecule has 2 bridgehead atoms. The number of fused-ring (bicyclic) bond motifs is 1. The lowest BCUT2D eigenvalue weighted by Gasteiger charge is -2.50. The monoisotopic (exact) mass is 501 g/mol. The smallest absolute Gasteiger partial charge is 0.245 e. The van der Waals surface area contributed by atoms with Crippen molar-refractivity contribution in [2.45, 2.75) is 28.2 Å². The highest BCUT2D eigenvalue weighted by Gasteiger charge is 3.05. The molecule has 8 aliphatic rings. The van der Waals surface area contributed by atoms with Gasteiger partial charge in [0.15, 0.2) is 0 Å². The molecular weight excluding hydrogens is 486 g/mol. The summed E-state index contributed by atoms with van der Waals surface area (Å²) in [6.07, 6.45) is 2.44. The summed E-state index contributed by atoms with van der Waals surface area (Å²) in [6, 6.07) is 9.95. The Morgan fingerprint density at radius 1 is 0.821 bits per heavy atom. The second-order valence-corrected chi connectivity index (χ2v) is 14.1. The van der Waals surface area contributed by atoms with Crippen LogP contribution in [0.1, 0.15) is 24.9 Å². The molecule has 1 aromatic carbocycles. The van der Waals surface area contributed by atoms with Crippen LogP contribution >= 0.6 is 31.9 Å². The highest BCUT2D eigenvalue weighted by Crippen LogP contribution is 3.06. The number of nitrogens with zero attached hydrogens (tertiary/aromatic N) is 3. The predicted octanol–water partition coefficient (Wildman–Crippen LogP) is 2.91. The lowest BCUT2D eigenvalue weighted by atomic mass is 9.65. The molecule has 0 radical (unpaired) electrons. The molecule has 2 unspecified atom stereocenters. The van der Waals surface area contributed by atoms with E-state index in [1.165, 1.54) is 17.4 Å². The van der Waals surface area contributed by atoms with Crippen LogP contribution in [0, 0.1) is 46.3 Å². The second kappa shape index (κ2) is 3.70. The van der Waals surface area contributed by atoms with Crippen molar-refractivity contribution in [1.82, 2.24) is 13.9 Å². The van der Waals surface area contributed by atoms with E-state index in [-0.39, 0.29) is 37.5 Å². The van der Waals surface area contributed by atoms with Crippen LogP contribution in [0.5, 0.6) is 0 Å². The maximum atomic E-state index is 13.5. The molecule has 142 valence electrons. The topological polar surface area (TPSA) is 48.9 Å². The molecule has 6 fully saturated rings. The highest BCUT2D eigenvalue weighted by atomic mass is 79.9. The fourth-order valence-corrected chi connectivity index (χ4v) is 11.5. The Hall–Kier alpha value is -1.08. The number of halogens is 2. The third kappa shape index (κ3) is 1.06. The van der Waals surface area contributed by atoms with Crippen LogP contribution in [-0.4, -0.2) is 17.2 Å². The first kappa shape index (κ1) is 14.8. The van der Waals surface area contributed by atoms with E-state index < -0.39 is 0 Å². The van der Waals surface area contributed by atoms with Crippen LogP contribution < -0.4 is 11.4 Å². The number of hydrogen-bond donors (Lipinski definition) is 0. The first-order valence-corrected chi connectivity index (χ1v) is 12.0. The number of aromatic nitrogens is 3. The van der Waals surface area contributed by atoms with Crippen LogP contribution in [0.4, 0.5) is 0 Å². The number of benzene rings is 1. The minimum Gasteiger partial charge on any atom is -0.245 e. The SMILES string of the molecule is O=c1n(-c2ccccc2)c(=O)n2n1[C@H]1[C@H]3C4C5[C@@]16C[C@H]1[C@@H](C[C@]56[C@@H]2[C@@H]43)C1(Br)Br. The minimum absolute atomic E-state index is 0.0980. The van der Waals surface area contributed by atoms with Crippen LogP contribution in [-0.2, 0) is 0 Å². The van der Waals surface area contributed by atoms with Gasteiger partial charge >= 0.3 is 11.4 Å². The molecule has 2 aliphatic heterocycles. The molecule has 10 atom stereocenters. The zero-order chi connectivity index (χ0) is 18.5. The summed E-state index contributed by atoms with van der Waals surface area (Å²) in [7, 11) is 0. The van der Waals surface area contributed by atoms with Crippen molar-refractivity contribution in [3.8, 4) is 5.69 Å². The molecule has 2 spiro atoms. The van der Waals surface area contributed by atoms with Crippen LogP contribution in [0.2, 0.25) is 0 Å². The van der Waals surface area contributed by atoms with Gasteiger partial charge in [0.05, 0.1) is 21.0 Å². The van der Waals surface area contributed by atoms with Crippen molar-refractivity contribution in [3.05, 3.63) is 51.3 Å². The number of hydrogen-bond acceptors (Lipinski definition) is 2. The van der Waals surface area contributed by atoms with Gasteiger partial charge in [0, 0.05) is 10.8 Å². The summed E-state index contributed by atoms with van der Waals surface area (Å²) in [6.45, 7) is 0. The van der Waals surface area contributed by atoms with Crippen LogP contribution in [0.25, 0.3) is 5.69 Å². The summed E-state index contributed by atoms with van der Waals surface area (Å²) in [5.74, 6) is 4.20. The molecule has 1 aromatic heterocycles. The van der Waals surface area contributed by atoms with Gasteiger partial charge in [0.2, 0.25) is 0 Å². The Morgan fingerprint density at radius 3 is 1.89 bits per heavy atom. The summed E-state index contributed by atoms with van der Waals surface area (Å²) in [5.41, 5.74) is 1.03. The van der Waals surface area contributed by atoms with Gasteiger partial charge in [-0.2, -0.15) is 0 Å². The maximum absolute atomic E-state index is 13.5. The number of para-hydroxylation sites is 1. The molecule has 7 heteroatoms. The van der Waals surface area contributed by atoms with Gasteiger partial charge in [-0.15, -0.1) is 0 Å². The van der Waals surface area contributed by atoms with E-state index in [0.29, 0.717) is 29.4 Å². The zero-order valence-corrected chi connectivity index (χ0v) is 18.0. The summed E-state index contributed by atoms with van der Waals surface area (Å²) >= 11 is 7.86. The van der Waals surface area contributed by atoms with Crippen molar-refractivity contribution in [3.63, 3.8) is 0 Å². The van der Waals surface area contributed by atoms with Crippen LogP contribution in [0.15, 0.2) is 39.9 Å². The quantitative estimate of drug-likeness (QED) is 0.563. The van der Waals surface area contributed by atoms with Gasteiger partial charge in [0.1, 0.15) is 0 Å². The molecular formula is C21H17Br2N3O2. The van der Waals surface area contributed by atoms with Gasteiger partial charge in [-0.3, -0.25) is 0 Å². The Morgan fingerprint density at radius 2 is 1.36 bits per heavy atom. The van der Waals surface area contributed by atoms with E-state index in [4.69, 9.17) is 0 Å². The molecule has 0 amide bonds. The first-order valence-electron chi connectivity index (χ1n) is 10.4. The number of alkyl halides is 2. The van der Waals surface area contributed by atoms with Crippen molar-refractivity contribution in [1.29, 1.82) is 0 Å². The molecule has 10 rings (SSSR count). The van der Waals surface area contributed by atoms with Crippen molar-refractivity contribution < 1.29 is 0 Å². The maximum Gasteiger partial charge on any atom is 0.352 e. The summed E-state index contributed by atoms with van der Waals surface area (Å²) in [5, 5.41) is 0. The first-order chi connectivity index (χ1) is 13.5. The van der Waals surface area contributed by atoms with Gasteiger partial charge in [-0.25, -0.2) is 23.5 Å². The van der Waals surface area contributed by atoms with E-state index in [1.807, 2.05) is 39.7 Å². The van der Waals surface area contributed by atoms with E-state index >= 15 is 0 Å². The average Bonchev–Trinajstić information content (AvgIpc) is 3.56. The molecule has 6 aliphatic carbocycles. The lowest BCUT2D eigenvalue weighted by Crippen LogP contribution is -2.53. The van der Waals surface area contributed by atoms with E-state index in [2.05, 4.69) is 31.9 Å². The fraction of sp³-hybridized carbons (Fsp3) is 0.619. The average molecular weight is 503 g/mol. The Kier molecular flexibility index (Phi) is 1.96. The Labute approximate surface area is 176 Å². The molecule has 5 nitrogen and oxygen atoms in total. The predicted molar refractivity (Wildman–Crippen MR) is 108 cm³/mol. The van der Waals surface area contributed by atoms with Crippen LogP contribution in [0.3, 0.4) is 0 Å². The van der Waals surface area contributed by atoms with E-state index in [0.717, 1.165) is 11.8 Å². The zero-order valence-electron chi connectivity index (χ0n) is 14.8. The van der Waals surface area contributed by atoms with Gasteiger partial charge in [-0.05, 0) is 60.5 Å². The van der Waals surface area contributed by atoms with Gasteiger partial charge < -0.3 is 0 Å². The van der Waals surface area contributed by atoms with Crippen molar-refractivity contribution in [2.24, 2.45) is 46.3 Å². The molecule has 3 heterocycles. The Balaban J connectivity index is 1.33. The fourth-order valence-electron chi connectivity index (χ4n) is 9.81. The number of rotatable bonds is 1. The standard InChI is InChI=1S/C21H17Br2N3O2/c22-21(23)9-6-19-14-11-12-13(11)16(20(14,19)7-10(9)21)26-18(28)24(8-4-2-1-3-5-8)17(27)25(26)15(12)19/h1-5,9-16H,6-7H2/t9-,10+,11?,12-,13-,14?,15-,16-,19-,20+/m0/s1. The largest absolute Gasteiger partial charge is 0.352 e. The molecule has 0 N–H and O–H groups in total. The van der Waals surface area contributed by atoms with E-state index in [9.17, 15) is 9.59 Å². The van der Waals surface area contributed by atoms with E-state index in [1.54, 1.807) is 0 Å². The summed E-state index contributed by atoms with van der Waals surface area (Å²) < 4.78 is 5.38. The molecule has 2 aromatic rings.